The summed E-state index contributed by atoms with van der Waals surface area (Å²) < 4.78 is 28.3. The average molecular weight is 942 g/mol. The SMILES string of the molecule is CCn1c(-c2cccnc2[C@H](C)OC)c2c3cc(ccc31)-c1csc(n1)C[C@H](NC(=O)[C@H](C(C)C)N(C)C(=O)N1CCC(N3CC(F)C3)CC1)C(=O)N1CCC[C@](C=O)(COCC(C)(C)C2)N1. The van der Waals surface area contributed by atoms with Crippen LogP contribution in [0.3, 0.4) is 0 Å². The lowest BCUT2D eigenvalue weighted by atomic mass is 9.84. The van der Waals surface area contributed by atoms with E-state index in [2.05, 4.69) is 65.2 Å². The molecule has 0 unspecified atom stereocenters. The van der Waals surface area contributed by atoms with Crippen LogP contribution < -0.4 is 10.7 Å². The number of thiazole rings is 1. The Hall–Kier alpha value is -4.81. The molecule has 7 heterocycles. The molecule has 4 aromatic rings. The van der Waals surface area contributed by atoms with Crippen LogP contribution in [0.1, 0.15) is 89.6 Å². The molecule has 17 heteroatoms. The lowest BCUT2D eigenvalue weighted by molar-refractivity contribution is -0.147. The van der Waals surface area contributed by atoms with E-state index in [4.69, 9.17) is 19.4 Å². The van der Waals surface area contributed by atoms with E-state index >= 15 is 0 Å². The molecule has 4 aliphatic rings. The van der Waals surface area contributed by atoms with Crippen molar-refractivity contribution in [3.05, 3.63) is 58.2 Å². The molecule has 67 heavy (non-hydrogen) atoms. The molecule has 0 aliphatic carbocycles. The number of piperidine rings is 1. The van der Waals surface area contributed by atoms with Gasteiger partial charge in [0.25, 0.3) is 5.91 Å². The summed E-state index contributed by atoms with van der Waals surface area (Å²) in [5.41, 5.74) is 8.49. The number of ether oxygens (including phenoxy) is 2. The van der Waals surface area contributed by atoms with Gasteiger partial charge in [-0.2, -0.15) is 0 Å². The molecule has 0 saturated carbocycles. The zero-order valence-corrected chi connectivity index (χ0v) is 41.2. The van der Waals surface area contributed by atoms with Gasteiger partial charge in [-0.3, -0.25) is 24.5 Å². The number of nitrogens with one attached hydrogen (secondary N) is 2. The Morgan fingerprint density at radius 3 is 2.58 bits per heavy atom. The minimum Gasteiger partial charge on any atom is -0.378 e. The fourth-order valence-corrected chi connectivity index (χ4v) is 11.5. The number of methoxy groups -OCH3 is 1. The number of carbonyl (C=O) groups excluding carboxylic acids is 4. The number of aldehydes is 1. The number of aryl methyl sites for hydroxylation is 1. The van der Waals surface area contributed by atoms with E-state index in [1.54, 1.807) is 25.3 Å². The first-order valence-corrected chi connectivity index (χ1v) is 24.8. The number of alkyl halides is 1. The molecule has 1 aromatic carbocycles. The molecular weight excluding hydrogens is 874 g/mol. The van der Waals surface area contributed by atoms with E-state index in [0.717, 1.165) is 63.8 Å². The number of aromatic nitrogens is 3. The highest BCUT2D eigenvalue weighted by Crippen LogP contribution is 2.42. The van der Waals surface area contributed by atoms with Crippen molar-refractivity contribution in [2.75, 3.05) is 60.1 Å². The number of urea groups is 1. The molecule has 8 rings (SSSR count). The molecular formula is C50H68FN9O6S. The summed E-state index contributed by atoms with van der Waals surface area (Å²) in [7, 11) is 3.34. The minimum atomic E-state index is -1.18. The van der Waals surface area contributed by atoms with Crippen molar-refractivity contribution in [2.24, 2.45) is 11.3 Å². The van der Waals surface area contributed by atoms with Crippen molar-refractivity contribution >= 4 is 46.4 Å². The summed E-state index contributed by atoms with van der Waals surface area (Å²) in [5.74, 6) is -1.15. The first-order chi connectivity index (χ1) is 32.1. The fraction of sp³-hybridized carbons (Fsp3) is 0.600. The van der Waals surface area contributed by atoms with E-state index < -0.39 is 41.0 Å². The first-order valence-electron chi connectivity index (χ1n) is 24.0. The van der Waals surface area contributed by atoms with Gasteiger partial charge in [0.15, 0.2) is 0 Å². The number of likely N-dealkylation sites (tertiary alicyclic amines) is 2. The molecule has 3 fully saturated rings. The lowest BCUT2D eigenvalue weighted by Gasteiger charge is -2.45. The number of hydrogen-bond donors (Lipinski definition) is 2. The monoisotopic (exact) mass is 941 g/mol. The van der Waals surface area contributed by atoms with Crippen LogP contribution in [0.5, 0.6) is 0 Å². The first kappa shape index (κ1) is 48.6. The summed E-state index contributed by atoms with van der Waals surface area (Å²) in [6.45, 7) is 15.6. The van der Waals surface area contributed by atoms with Crippen LogP contribution in [0.15, 0.2) is 41.9 Å². The predicted octanol–water partition coefficient (Wildman–Crippen LogP) is 6.44. The van der Waals surface area contributed by atoms with Gasteiger partial charge in [0.2, 0.25) is 5.91 Å². The predicted molar refractivity (Wildman–Crippen MR) is 257 cm³/mol. The second-order valence-corrected chi connectivity index (χ2v) is 21.1. The number of hydrogen-bond acceptors (Lipinski definition) is 11. The molecule has 3 saturated heterocycles. The molecule has 362 valence electrons. The Balaban J connectivity index is 1.14. The van der Waals surface area contributed by atoms with E-state index in [-0.39, 0.29) is 37.1 Å². The van der Waals surface area contributed by atoms with E-state index in [0.29, 0.717) is 70.1 Å². The van der Waals surface area contributed by atoms with Crippen molar-refractivity contribution in [3.8, 4) is 22.5 Å². The molecule has 0 radical (unpaired) electrons. The van der Waals surface area contributed by atoms with Crippen LogP contribution in [0.2, 0.25) is 0 Å². The third-order valence-electron chi connectivity index (χ3n) is 14.3. The molecule has 4 atom stereocenters. The van der Waals surface area contributed by atoms with Gasteiger partial charge in [0, 0.05) is 99.5 Å². The Morgan fingerprint density at radius 1 is 1.13 bits per heavy atom. The van der Waals surface area contributed by atoms with Gasteiger partial charge in [0.05, 0.1) is 41.4 Å². The number of pyridine rings is 1. The second kappa shape index (κ2) is 20.0. The summed E-state index contributed by atoms with van der Waals surface area (Å²) >= 11 is 1.42. The summed E-state index contributed by atoms with van der Waals surface area (Å²) in [6.07, 6.45) is 4.84. The van der Waals surface area contributed by atoms with Crippen molar-refractivity contribution in [1.29, 1.82) is 0 Å². The number of amides is 4. The van der Waals surface area contributed by atoms with Gasteiger partial charge >= 0.3 is 6.03 Å². The average Bonchev–Trinajstić information content (AvgIpc) is 3.90. The molecule has 2 N–H and O–H groups in total. The molecule has 4 amide bonds. The van der Waals surface area contributed by atoms with Crippen LogP contribution >= 0.6 is 11.3 Å². The van der Waals surface area contributed by atoms with E-state index in [1.165, 1.54) is 21.2 Å². The number of carbonyl (C=O) groups is 4. The van der Waals surface area contributed by atoms with Gasteiger partial charge in [0.1, 0.15) is 30.1 Å². The standard InChI is InChI=1S/C50H68FN9O6S/c1-9-59-41-14-13-33-22-37(41)38(45(59)36-12-10-18-52-43(36)32(4)65-8)24-49(5,6)29-66-30-50(28-61)17-11-19-60(55-50)47(63)39(23-42-53-40(33)27-67-42)54-46(62)44(31(2)3)56(7)48(64)57-20-15-35(16-21-57)58-25-34(51)26-58/h10,12-14,18,22,27-28,31-32,34-35,39,44,55H,9,11,15-17,19-21,23-26,29-30H2,1-8H3,(H,54,62)/t32-,39-,44-,50-/m0/s1. The van der Waals surface area contributed by atoms with E-state index in [1.807, 2.05) is 32.2 Å². The summed E-state index contributed by atoms with van der Waals surface area (Å²) in [6, 6.07) is 8.54. The number of nitrogens with zero attached hydrogens (tertiary/aromatic N) is 7. The molecule has 6 bridgehead atoms. The number of fused-ring (bicyclic) bond motifs is 6. The zero-order valence-electron chi connectivity index (χ0n) is 40.3. The maximum atomic E-state index is 14.8. The zero-order chi connectivity index (χ0) is 47.8. The second-order valence-electron chi connectivity index (χ2n) is 20.2. The Labute approximate surface area is 397 Å². The van der Waals surface area contributed by atoms with Gasteiger partial charge in [-0.05, 0) is 87.1 Å². The molecule has 4 aliphatic heterocycles. The van der Waals surface area contributed by atoms with Crippen molar-refractivity contribution in [1.82, 2.24) is 45.0 Å². The minimum absolute atomic E-state index is 0.0381. The fourth-order valence-electron chi connectivity index (χ4n) is 10.6. The molecule has 0 spiro atoms. The van der Waals surface area contributed by atoms with Gasteiger partial charge in [-0.25, -0.2) is 19.6 Å². The number of likely N-dealkylation sites (N-methyl/N-ethyl adjacent to an activating group) is 1. The third-order valence-corrected chi connectivity index (χ3v) is 15.1. The number of rotatable bonds is 10. The smallest absolute Gasteiger partial charge is 0.320 e. The van der Waals surface area contributed by atoms with Crippen molar-refractivity contribution < 1.29 is 33.0 Å². The summed E-state index contributed by atoms with van der Waals surface area (Å²) in [4.78, 5) is 71.8. The van der Waals surface area contributed by atoms with Crippen LogP contribution in [-0.4, -0.2) is 148 Å². The van der Waals surface area contributed by atoms with Crippen LogP contribution in [0.4, 0.5) is 9.18 Å². The normalized spacial score (nSPS) is 23.1. The van der Waals surface area contributed by atoms with E-state index in [9.17, 15) is 23.6 Å². The molecule has 15 nitrogen and oxygen atoms in total. The Kier molecular flexibility index (Phi) is 14.5. The lowest BCUT2D eigenvalue weighted by Crippen LogP contribution is -2.66. The third kappa shape index (κ3) is 10.0. The Morgan fingerprint density at radius 2 is 1.90 bits per heavy atom. The highest BCUT2D eigenvalue weighted by atomic mass is 32.1. The topological polar surface area (TPSA) is 154 Å². The van der Waals surface area contributed by atoms with Crippen molar-refractivity contribution in [3.63, 3.8) is 0 Å². The maximum Gasteiger partial charge on any atom is 0.320 e. The maximum absolute atomic E-state index is 14.8. The van der Waals surface area contributed by atoms with Gasteiger partial charge in [-0.15, -0.1) is 11.3 Å². The van der Waals surface area contributed by atoms with Crippen LogP contribution in [0, 0.1) is 11.3 Å². The number of halogens is 1. The van der Waals surface area contributed by atoms with Crippen molar-refractivity contribution in [2.45, 2.75) is 123 Å². The summed E-state index contributed by atoms with van der Waals surface area (Å²) in [5, 5.41) is 8.24. The van der Waals surface area contributed by atoms with Crippen LogP contribution in [-0.2, 0) is 43.2 Å². The van der Waals surface area contributed by atoms with Crippen LogP contribution in [0.25, 0.3) is 33.4 Å². The van der Waals surface area contributed by atoms with Gasteiger partial charge in [-0.1, -0.05) is 33.8 Å². The highest BCUT2D eigenvalue weighted by Gasteiger charge is 2.42. The Bertz CT molecular complexity index is 2440. The molecule has 3 aromatic heterocycles. The van der Waals surface area contributed by atoms with Gasteiger partial charge < -0.3 is 34.0 Å². The number of benzene rings is 1. The largest absolute Gasteiger partial charge is 0.378 e. The quantitative estimate of drug-likeness (QED) is 0.170. The highest BCUT2D eigenvalue weighted by molar-refractivity contribution is 7.10. The number of hydrazine groups is 1.